The van der Waals surface area contributed by atoms with Crippen LogP contribution in [-0.4, -0.2) is 37.2 Å². The van der Waals surface area contributed by atoms with Gasteiger partial charge >= 0.3 is 5.97 Å². The molecule has 0 radical (unpaired) electrons. The second-order valence-electron chi connectivity index (χ2n) is 5.14. The molecule has 0 bridgehead atoms. The predicted molar refractivity (Wildman–Crippen MR) is 85.5 cm³/mol. The molecule has 1 atom stereocenters. The van der Waals surface area contributed by atoms with Crippen molar-refractivity contribution in [2.24, 2.45) is 0 Å². The number of amides is 1. The monoisotopic (exact) mass is 323 g/mol. The molecule has 0 heterocycles. The lowest BCUT2D eigenvalue weighted by atomic mass is 9.91. The van der Waals surface area contributed by atoms with E-state index < -0.39 is 11.5 Å². The van der Waals surface area contributed by atoms with Gasteiger partial charge in [-0.2, -0.15) is 0 Å². The van der Waals surface area contributed by atoms with E-state index in [4.69, 9.17) is 14.5 Å². The second kappa shape index (κ2) is 9.97. The van der Waals surface area contributed by atoms with Crippen LogP contribution < -0.4 is 5.32 Å². The fourth-order valence-corrected chi connectivity index (χ4v) is 2.22. The van der Waals surface area contributed by atoms with E-state index >= 15 is 0 Å². The molecule has 23 heavy (non-hydrogen) atoms. The zero-order valence-corrected chi connectivity index (χ0v) is 14.0. The van der Waals surface area contributed by atoms with Crippen molar-refractivity contribution in [3.63, 3.8) is 0 Å². The van der Waals surface area contributed by atoms with E-state index in [2.05, 4.69) is 5.32 Å². The molecular formula is C17H25NO5. The molecule has 0 saturated carbocycles. The molecule has 1 rings (SSSR count). The van der Waals surface area contributed by atoms with E-state index in [-0.39, 0.29) is 19.1 Å². The molecule has 0 aliphatic rings. The standard InChI is InChI=1S/C17H25NO5/c1-4-21-16(20)17(18-14(3)19,13-23-22-5-2)12-11-15-9-7-6-8-10-15/h6-10H,4-5,11-13H2,1-3H3,(H,18,19). The second-order valence-corrected chi connectivity index (χ2v) is 5.14. The molecule has 6 heteroatoms. The third kappa shape index (κ3) is 6.38. The Bertz CT molecular complexity index is 491. The number of hydrogen-bond donors (Lipinski definition) is 1. The summed E-state index contributed by atoms with van der Waals surface area (Å²) in [4.78, 5) is 34.0. The molecule has 1 unspecified atom stereocenters. The smallest absolute Gasteiger partial charge is 0.334 e. The topological polar surface area (TPSA) is 73.9 Å². The van der Waals surface area contributed by atoms with Crippen molar-refractivity contribution in [2.45, 2.75) is 39.2 Å². The fraction of sp³-hybridized carbons (Fsp3) is 0.529. The summed E-state index contributed by atoms with van der Waals surface area (Å²) in [5, 5.41) is 2.69. The van der Waals surface area contributed by atoms with Crippen LogP contribution in [0.3, 0.4) is 0 Å². The van der Waals surface area contributed by atoms with Gasteiger partial charge in [-0.05, 0) is 32.3 Å². The van der Waals surface area contributed by atoms with Gasteiger partial charge in [0.25, 0.3) is 0 Å². The first-order valence-corrected chi connectivity index (χ1v) is 7.78. The lowest BCUT2D eigenvalue weighted by Crippen LogP contribution is -2.58. The molecule has 1 aromatic carbocycles. The molecule has 0 aliphatic heterocycles. The maximum absolute atomic E-state index is 12.4. The van der Waals surface area contributed by atoms with Crippen molar-refractivity contribution in [3.05, 3.63) is 35.9 Å². The number of aryl methyl sites for hydroxylation is 1. The van der Waals surface area contributed by atoms with E-state index in [1.807, 2.05) is 30.3 Å². The van der Waals surface area contributed by atoms with Gasteiger partial charge in [0.2, 0.25) is 5.91 Å². The van der Waals surface area contributed by atoms with E-state index in [0.29, 0.717) is 19.4 Å². The number of carbonyl (C=O) groups is 2. The average molecular weight is 323 g/mol. The molecular weight excluding hydrogens is 298 g/mol. The first-order chi connectivity index (χ1) is 11.0. The lowest BCUT2D eigenvalue weighted by Gasteiger charge is -2.31. The maximum Gasteiger partial charge on any atom is 0.334 e. The molecule has 0 spiro atoms. The molecule has 0 aromatic heterocycles. The Balaban J connectivity index is 2.92. The molecule has 0 aliphatic carbocycles. The Morgan fingerprint density at radius 2 is 1.78 bits per heavy atom. The summed E-state index contributed by atoms with van der Waals surface area (Å²) in [6.45, 7) is 5.31. The van der Waals surface area contributed by atoms with Crippen molar-refractivity contribution in [2.75, 3.05) is 19.8 Å². The molecule has 1 amide bonds. The minimum absolute atomic E-state index is 0.105. The number of benzene rings is 1. The van der Waals surface area contributed by atoms with Crippen LogP contribution in [0.2, 0.25) is 0 Å². The predicted octanol–water partition coefficient (Wildman–Crippen LogP) is 2.03. The lowest BCUT2D eigenvalue weighted by molar-refractivity contribution is -0.300. The third-order valence-electron chi connectivity index (χ3n) is 3.27. The van der Waals surface area contributed by atoms with Gasteiger partial charge in [0.1, 0.15) is 6.61 Å². The zero-order valence-electron chi connectivity index (χ0n) is 14.0. The van der Waals surface area contributed by atoms with E-state index in [9.17, 15) is 9.59 Å². The van der Waals surface area contributed by atoms with Gasteiger partial charge in [0, 0.05) is 6.92 Å². The van der Waals surface area contributed by atoms with Crippen LogP contribution in [0.25, 0.3) is 0 Å². The number of carbonyl (C=O) groups excluding carboxylic acids is 2. The van der Waals surface area contributed by atoms with Crippen LogP contribution in [0.5, 0.6) is 0 Å². The van der Waals surface area contributed by atoms with Crippen molar-refractivity contribution in [1.82, 2.24) is 5.32 Å². The first kappa shape index (κ1) is 19.1. The fourth-order valence-electron chi connectivity index (χ4n) is 2.22. The van der Waals surface area contributed by atoms with Gasteiger partial charge in [-0.25, -0.2) is 14.6 Å². The average Bonchev–Trinajstić information content (AvgIpc) is 2.53. The Kier molecular flexibility index (Phi) is 8.29. The van der Waals surface area contributed by atoms with Crippen molar-refractivity contribution >= 4 is 11.9 Å². The van der Waals surface area contributed by atoms with Gasteiger partial charge in [-0.3, -0.25) is 4.79 Å². The summed E-state index contributed by atoms with van der Waals surface area (Å²) in [6, 6.07) is 9.71. The van der Waals surface area contributed by atoms with Gasteiger partial charge in [0.05, 0.1) is 13.2 Å². The highest BCUT2D eigenvalue weighted by molar-refractivity contribution is 5.87. The Morgan fingerprint density at radius 3 is 2.35 bits per heavy atom. The highest BCUT2D eigenvalue weighted by atomic mass is 17.2. The molecule has 1 aromatic rings. The minimum Gasteiger partial charge on any atom is -0.464 e. The van der Waals surface area contributed by atoms with Crippen LogP contribution in [0.15, 0.2) is 30.3 Å². The molecule has 128 valence electrons. The van der Waals surface area contributed by atoms with Crippen LogP contribution in [0, 0.1) is 0 Å². The Morgan fingerprint density at radius 1 is 1.09 bits per heavy atom. The van der Waals surface area contributed by atoms with Gasteiger partial charge in [-0.15, -0.1) is 0 Å². The molecule has 0 saturated heterocycles. The van der Waals surface area contributed by atoms with Gasteiger partial charge in [0.15, 0.2) is 5.54 Å². The number of nitrogens with one attached hydrogen (secondary N) is 1. The number of hydrogen-bond acceptors (Lipinski definition) is 5. The van der Waals surface area contributed by atoms with Crippen LogP contribution in [0.1, 0.15) is 32.8 Å². The summed E-state index contributed by atoms with van der Waals surface area (Å²) < 4.78 is 5.14. The summed E-state index contributed by atoms with van der Waals surface area (Å²) >= 11 is 0. The van der Waals surface area contributed by atoms with Crippen molar-refractivity contribution < 1.29 is 24.1 Å². The Labute approximate surface area is 137 Å². The summed E-state index contributed by atoms with van der Waals surface area (Å²) in [5.74, 6) is -0.850. The minimum atomic E-state index is -1.27. The number of rotatable bonds is 10. The van der Waals surface area contributed by atoms with E-state index in [0.717, 1.165) is 5.56 Å². The van der Waals surface area contributed by atoms with Crippen LogP contribution in [-0.2, 0) is 30.5 Å². The van der Waals surface area contributed by atoms with E-state index in [1.54, 1.807) is 13.8 Å². The van der Waals surface area contributed by atoms with Crippen LogP contribution in [0.4, 0.5) is 0 Å². The number of ether oxygens (including phenoxy) is 1. The highest BCUT2D eigenvalue weighted by Gasteiger charge is 2.41. The zero-order chi connectivity index (χ0) is 17.1. The van der Waals surface area contributed by atoms with Gasteiger partial charge < -0.3 is 10.1 Å². The number of esters is 1. The normalized spacial score (nSPS) is 13.2. The largest absolute Gasteiger partial charge is 0.464 e. The summed E-state index contributed by atoms with van der Waals surface area (Å²) in [7, 11) is 0. The van der Waals surface area contributed by atoms with Gasteiger partial charge in [-0.1, -0.05) is 30.3 Å². The Hall–Kier alpha value is -1.92. The van der Waals surface area contributed by atoms with E-state index in [1.165, 1.54) is 6.92 Å². The van der Waals surface area contributed by atoms with Crippen LogP contribution >= 0.6 is 0 Å². The molecule has 1 N–H and O–H groups in total. The molecule has 0 fully saturated rings. The molecule has 6 nitrogen and oxygen atoms in total. The highest BCUT2D eigenvalue weighted by Crippen LogP contribution is 2.18. The SMILES string of the molecule is CCOOCC(CCc1ccccc1)(NC(C)=O)C(=O)OCC. The van der Waals surface area contributed by atoms with Crippen molar-refractivity contribution in [3.8, 4) is 0 Å². The summed E-state index contributed by atoms with van der Waals surface area (Å²) in [6.07, 6.45) is 0.942. The first-order valence-electron chi connectivity index (χ1n) is 7.78. The quantitative estimate of drug-likeness (QED) is 0.309. The maximum atomic E-state index is 12.4. The van der Waals surface area contributed by atoms with Crippen molar-refractivity contribution in [1.29, 1.82) is 0 Å². The summed E-state index contributed by atoms with van der Waals surface area (Å²) in [5.41, 5.74) is -0.213. The third-order valence-corrected chi connectivity index (χ3v) is 3.27.